The molecule has 2 rings (SSSR count). The number of likely N-dealkylation sites (N-methyl/N-ethyl adjacent to an activating group) is 1. The number of nitrogens with zero attached hydrogens (tertiary/aromatic N) is 1. The average molecular weight is 282 g/mol. The smallest absolute Gasteiger partial charge is 0.0643 e. The van der Waals surface area contributed by atoms with E-state index in [0.717, 1.165) is 5.02 Å². The van der Waals surface area contributed by atoms with Crippen molar-refractivity contribution < 1.29 is 0 Å². The van der Waals surface area contributed by atoms with Crippen LogP contribution in [-0.2, 0) is 0 Å². The fraction of sp³-hybridized carbons (Fsp3) is 0.600. The number of benzene rings is 1. The van der Waals surface area contributed by atoms with E-state index in [9.17, 15) is 0 Å². The molecule has 4 heteroatoms. The van der Waals surface area contributed by atoms with E-state index >= 15 is 0 Å². The third kappa shape index (κ3) is 2.95. The van der Waals surface area contributed by atoms with Crippen LogP contribution in [0.2, 0.25) is 5.02 Å². The first-order chi connectivity index (χ1) is 9.10. The van der Waals surface area contributed by atoms with E-state index < -0.39 is 0 Å². The van der Waals surface area contributed by atoms with Gasteiger partial charge in [-0.15, -0.1) is 0 Å². The summed E-state index contributed by atoms with van der Waals surface area (Å²) in [6, 6.07) is 8.17. The Hall–Kier alpha value is -0.610. The molecule has 3 N–H and O–H groups in total. The van der Waals surface area contributed by atoms with E-state index in [0.29, 0.717) is 0 Å². The highest BCUT2D eigenvalue weighted by Crippen LogP contribution is 2.41. The second kappa shape index (κ2) is 6.23. The predicted octanol–water partition coefficient (Wildman–Crippen LogP) is 3.11. The number of nitrogens with two attached hydrogens (primary N) is 1. The van der Waals surface area contributed by atoms with E-state index in [1.807, 2.05) is 12.1 Å². The Labute approximate surface area is 121 Å². The molecule has 3 nitrogen and oxygen atoms in total. The van der Waals surface area contributed by atoms with Gasteiger partial charge >= 0.3 is 0 Å². The van der Waals surface area contributed by atoms with Crippen LogP contribution in [0.1, 0.15) is 43.7 Å². The lowest BCUT2D eigenvalue weighted by Crippen LogP contribution is -2.56. The molecule has 1 saturated carbocycles. The summed E-state index contributed by atoms with van der Waals surface area (Å²) in [7, 11) is 4.32. The molecule has 19 heavy (non-hydrogen) atoms. The molecule has 106 valence electrons. The first-order valence-corrected chi connectivity index (χ1v) is 7.37. The van der Waals surface area contributed by atoms with Gasteiger partial charge in [0, 0.05) is 10.6 Å². The minimum atomic E-state index is 0.0980. The van der Waals surface area contributed by atoms with Crippen molar-refractivity contribution in [1.29, 1.82) is 0 Å². The van der Waals surface area contributed by atoms with Gasteiger partial charge in [-0.3, -0.25) is 11.3 Å². The molecule has 1 fully saturated rings. The molecule has 1 aromatic carbocycles. The van der Waals surface area contributed by atoms with Crippen molar-refractivity contribution in [3.8, 4) is 0 Å². The summed E-state index contributed by atoms with van der Waals surface area (Å²) in [5, 5.41) is 0.766. The Morgan fingerprint density at radius 2 is 1.74 bits per heavy atom. The summed E-state index contributed by atoms with van der Waals surface area (Å²) in [6.07, 6.45) is 6.22. The van der Waals surface area contributed by atoms with Gasteiger partial charge in [-0.25, -0.2) is 0 Å². The molecule has 0 spiro atoms. The van der Waals surface area contributed by atoms with Gasteiger partial charge in [0.15, 0.2) is 0 Å². The molecule has 0 amide bonds. The molecule has 1 aliphatic rings. The quantitative estimate of drug-likeness (QED) is 0.658. The summed E-state index contributed by atoms with van der Waals surface area (Å²) in [6.45, 7) is 0. The normalized spacial score (nSPS) is 20.5. The van der Waals surface area contributed by atoms with Crippen LogP contribution in [0.25, 0.3) is 0 Å². The maximum atomic E-state index is 5.98. The molecule has 1 unspecified atom stereocenters. The van der Waals surface area contributed by atoms with Gasteiger partial charge < -0.3 is 4.90 Å². The van der Waals surface area contributed by atoms with Crippen LogP contribution in [0, 0.1) is 0 Å². The first-order valence-electron chi connectivity index (χ1n) is 6.99. The highest BCUT2D eigenvalue weighted by atomic mass is 35.5. The predicted molar refractivity (Wildman–Crippen MR) is 81.0 cm³/mol. The largest absolute Gasteiger partial charge is 0.302 e. The van der Waals surface area contributed by atoms with Crippen LogP contribution in [-0.4, -0.2) is 24.5 Å². The zero-order valence-corrected chi connectivity index (χ0v) is 12.6. The van der Waals surface area contributed by atoms with Gasteiger partial charge in [-0.05, 0) is 44.6 Å². The minimum Gasteiger partial charge on any atom is -0.302 e. The van der Waals surface area contributed by atoms with Crippen molar-refractivity contribution in [3.05, 3.63) is 34.9 Å². The topological polar surface area (TPSA) is 41.3 Å². The van der Waals surface area contributed by atoms with Gasteiger partial charge in [0.25, 0.3) is 0 Å². The first kappa shape index (κ1) is 14.8. The van der Waals surface area contributed by atoms with E-state index in [4.69, 9.17) is 17.4 Å². The van der Waals surface area contributed by atoms with Crippen molar-refractivity contribution in [1.82, 2.24) is 10.3 Å². The van der Waals surface area contributed by atoms with Crippen molar-refractivity contribution in [2.75, 3.05) is 14.1 Å². The van der Waals surface area contributed by atoms with Gasteiger partial charge in [-0.1, -0.05) is 43.0 Å². The van der Waals surface area contributed by atoms with Gasteiger partial charge in [0.1, 0.15) is 0 Å². The third-order valence-corrected chi connectivity index (χ3v) is 4.77. The summed E-state index contributed by atoms with van der Waals surface area (Å²) >= 11 is 5.98. The Morgan fingerprint density at radius 3 is 2.21 bits per heavy atom. The number of halogens is 1. The zero-order chi connectivity index (χ0) is 13.9. The zero-order valence-electron chi connectivity index (χ0n) is 11.8. The number of hydrazine groups is 1. The van der Waals surface area contributed by atoms with E-state index in [2.05, 4.69) is 36.6 Å². The Balaban J connectivity index is 2.34. The number of hydrogen-bond acceptors (Lipinski definition) is 3. The highest BCUT2D eigenvalue weighted by Gasteiger charge is 2.42. The Bertz CT molecular complexity index is 396. The second-order valence-electron chi connectivity index (χ2n) is 5.71. The highest BCUT2D eigenvalue weighted by molar-refractivity contribution is 6.30. The van der Waals surface area contributed by atoms with E-state index in [1.54, 1.807) is 0 Å². The van der Waals surface area contributed by atoms with Gasteiger partial charge in [-0.2, -0.15) is 0 Å². The van der Waals surface area contributed by atoms with Crippen LogP contribution >= 0.6 is 11.6 Å². The SMILES string of the molecule is CN(C)C1(C(NN)c2ccc(Cl)cc2)CCCCC1. The molecule has 0 heterocycles. The number of rotatable bonds is 4. The lowest BCUT2D eigenvalue weighted by Gasteiger charge is -2.48. The molecule has 0 radical (unpaired) electrons. The summed E-state index contributed by atoms with van der Waals surface area (Å²) in [5.41, 5.74) is 4.35. The van der Waals surface area contributed by atoms with Crippen LogP contribution in [0.15, 0.2) is 24.3 Å². The van der Waals surface area contributed by atoms with Crippen molar-refractivity contribution >= 4 is 11.6 Å². The van der Waals surface area contributed by atoms with Crippen molar-refractivity contribution in [2.24, 2.45) is 5.84 Å². The second-order valence-corrected chi connectivity index (χ2v) is 6.15. The summed E-state index contributed by atoms with van der Waals surface area (Å²) in [4.78, 5) is 2.34. The maximum absolute atomic E-state index is 5.98. The van der Waals surface area contributed by atoms with Gasteiger partial charge in [0.05, 0.1) is 6.04 Å². The van der Waals surface area contributed by atoms with E-state index in [-0.39, 0.29) is 11.6 Å². The van der Waals surface area contributed by atoms with Crippen LogP contribution < -0.4 is 11.3 Å². The number of nitrogens with one attached hydrogen (secondary N) is 1. The molecule has 0 saturated heterocycles. The maximum Gasteiger partial charge on any atom is 0.0643 e. The number of hydrogen-bond donors (Lipinski definition) is 2. The monoisotopic (exact) mass is 281 g/mol. The molecule has 1 aliphatic carbocycles. The summed E-state index contributed by atoms with van der Waals surface area (Å²) < 4.78 is 0. The van der Waals surface area contributed by atoms with E-state index in [1.165, 1.54) is 37.7 Å². The Morgan fingerprint density at radius 1 is 1.16 bits per heavy atom. The Kier molecular flexibility index (Phi) is 4.85. The fourth-order valence-corrected chi connectivity index (χ4v) is 3.50. The third-order valence-electron chi connectivity index (χ3n) is 4.52. The summed E-state index contributed by atoms with van der Waals surface area (Å²) in [5.74, 6) is 5.89. The minimum absolute atomic E-state index is 0.0980. The van der Waals surface area contributed by atoms with Crippen molar-refractivity contribution in [3.63, 3.8) is 0 Å². The van der Waals surface area contributed by atoms with Crippen molar-refractivity contribution in [2.45, 2.75) is 43.7 Å². The molecule has 0 aromatic heterocycles. The van der Waals surface area contributed by atoms with Crippen LogP contribution in [0.3, 0.4) is 0 Å². The lowest BCUT2D eigenvalue weighted by atomic mass is 9.73. The molecular weight excluding hydrogens is 258 g/mol. The average Bonchev–Trinajstić information content (AvgIpc) is 2.42. The fourth-order valence-electron chi connectivity index (χ4n) is 3.37. The van der Waals surface area contributed by atoms with Crippen LogP contribution in [0.4, 0.5) is 0 Å². The molecule has 1 atom stereocenters. The molecule has 1 aromatic rings. The van der Waals surface area contributed by atoms with Crippen LogP contribution in [0.5, 0.6) is 0 Å². The van der Waals surface area contributed by atoms with Gasteiger partial charge in [0.2, 0.25) is 0 Å². The standard InChI is InChI=1S/C15H24ClN3/c1-19(2)15(10-4-3-5-11-15)14(18-17)12-6-8-13(16)9-7-12/h6-9,14,18H,3-5,10-11,17H2,1-2H3. The molecule has 0 aliphatic heterocycles. The molecular formula is C15H24ClN3. The molecule has 0 bridgehead atoms. The lowest BCUT2D eigenvalue weighted by molar-refractivity contribution is 0.0564.